The molecule has 1 heterocycles. The minimum absolute atomic E-state index is 0.349. The highest BCUT2D eigenvalue weighted by Gasteiger charge is 2.49. The Kier molecular flexibility index (Phi) is 2.25. The van der Waals surface area contributed by atoms with Crippen LogP contribution in [0.4, 0.5) is 0 Å². The van der Waals surface area contributed by atoms with Gasteiger partial charge in [-0.15, -0.1) is 0 Å². The minimum Gasteiger partial charge on any atom is -0.394 e. The third-order valence-electron chi connectivity index (χ3n) is 2.05. The number of ether oxygens (including phenoxy) is 1. The highest BCUT2D eigenvalue weighted by molar-refractivity contribution is 6.11. The lowest BCUT2D eigenvalue weighted by Crippen LogP contribution is -2.46. The van der Waals surface area contributed by atoms with E-state index in [1.54, 1.807) is 0 Å². The molecule has 0 spiro atoms. The van der Waals surface area contributed by atoms with Gasteiger partial charge in [0.05, 0.1) is 6.61 Å². The molecule has 1 aliphatic rings. The first-order valence-electron chi connectivity index (χ1n) is 3.42. The van der Waals surface area contributed by atoms with Crippen LogP contribution in [-0.2, 0) is 4.74 Å². The van der Waals surface area contributed by atoms with Crippen molar-refractivity contribution in [1.29, 1.82) is 0 Å². The van der Waals surface area contributed by atoms with Crippen LogP contribution in [0.15, 0.2) is 0 Å². The first kappa shape index (κ1) is 9.00. The van der Waals surface area contributed by atoms with Crippen molar-refractivity contribution in [2.45, 2.75) is 30.7 Å². The largest absolute Gasteiger partial charge is 0.394 e. The van der Waals surface area contributed by atoms with E-state index in [4.69, 9.17) is 17.7 Å². The molecule has 1 fully saturated rings. The summed E-state index contributed by atoms with van der Waals surface area (Å²) in [7, 11) is 5.28. The van der Waals surface area contributed by atoms with Gasteiger partial charge < -0.3 is 20.1 Å². The molecule has 0 unspecified atom stereocenters. The number of hydrogen-bond acceptors (Lipinski definition) is 4. The van der Waals surface area contributed by atoms with Crippen LogP contribution in [0.2, 0.25) is 0 Å². The third kappa shape index (κ3) is 1.29. The van der Waals surface area contributed by atoms with Crippen molar-refractivity contribution in [3.63, 3.8) is 0 Å². The van der Waals surface area contributed by atoms with Gasteiger partial charge in [0, 0.05) is 6.00 Å². The van der Waals surface area contributed by atoms with Gasteiger partial charge in [-0.05, 0) is 6.92 Å². The number of rotatable bonds is 1. The maximum Gasteiger partial charge on any atom is 0.118 e. The molecular weight excluding hydrogens is 147 g/mol. The Morgan fingerprint density at radius 2 is 2.18 bits per heavy atom. The molecule has 4 nitrogen and oxygen atoms in total. The molecule has 2 radical (unpaired) electrons. The van der Waals surface area contributed by atoms with Gasteiger partial charge in [-0.25, -0.2) is 0 Å². The quantitative estimate of drug-likeness (QED) is 0.385. The normalized spacial score (nSPS) is 51.5. The minimum atomic E-state index is -1.45. The van der Waals surface area contributed by atoms with Crippen LogP contribution in [0.3, 0.4) is 0 Å². The Morgan fingerprint density at radius 3 is 2.36 bits per heavy atom. The summed E-state index contributed by atoms with van der Waals surface area (Å²) in [6.07, 6.45) is -1.94. The van der Waals surface area contributed by atoms with Crippen molar-refractivity contribution >= 4 is 7.85 Å². The summed E-state index contributed by atoms with van der Waals surface area (Å²) in [6.45, 7) is 1.03. The van der Waals surface area contributed by atoms with Crippen LogP contribution in [-0.4, -0.2) is 53.6 Å². The summed E-state index contributed by atoms with van der Waals surface area (Å²) in [5.74, 6) is 0. The molecule has 1 saturated heterocycles. The lowest BCUT2D eigenvalue weighted by atomic mass is 9.86. The summed E-state index contributed by atoms with van der Waals surface area (Å²) in [5, 5.41) is 27.4. The molecular formula is C6H11BO4. The van der Waals surface area contributed by atoms with Crippen molar-refractivity contribution in [3.8, 4) is 0 Å². The maximum absolute atomic E-state index is 9.48. The van der Waals surface area contributed by atoms with Crippen LogP contribution < -0.4 is 0 Å². The molecule has 11 heavy (non-hydrogen) atoms. The second kappa shape index (κ2) is 2.75. The second-order valence-corrected chi connectivity index (χ2v) is 2.94. The molecule has 0 saturated carbocycles. The Balaban J connectivity index is 2.74. The highest BCUT2D eigenvalue weighted by atomic mass is 16.6. The average Bonchev–Trinajstić information content (AvgIpc) is 2.13. The second-order valence-electron chi connectivity index (χ2n) is 2.94. The molecule has 62 valence electrons. The van der Waals surface area contributed by atoms with Gasteiger partial charge in [-0.1, -0.05) is 0 Å². The average molecular weight is 158 g/mol. The van der Waals surface area contributed by atoms with Crippen LogP contribution in [0.25, 0.3) is 0 Å². The van der Waals surface area contributed by atoms with Crippen molar-refractivity contribution in [1.82, 2.24) is 0 Å². The Morgan fingerprint density at radius 1 is 1.64 bits per heavy atom. The van der Waals surface area contributed by atoms with Gasteiger partial charge in [0.1, 0.15) is 25.7 Å². The van der Waals surface area contributed by atoms with Crippen LogP contribution >= 0.6 is 0 Å². The molecule has 0 aromatic carbocycles. The molecule has 0 aliphatic carbocycles. The van der Waals surface area contributed by atoms with E-state index < -0.39 is 23.8 Å². The Hall–Kier alpha value is -0.0951. The molecule has 1 aliphatic heterocycles. The van der Waals surface area contributed by atoms with E-state index in [-0.39, 0.29) is 6.61 Å². The zero-order valence-electron chi connectivity index (χ0n) is 6.27. The monoisotopic (exact) mass is 158 g/mol. The summed E-state index contributed by atoms with van der Waals surface area (Å²) in [4.78, 5) is 0. The summed E-state index contributed by atoms with van der Waals surface area (Å²) in [5.41, 5.74) is -1.45. The summed E-state index contributed by atoms with van der Waals surface area (Å²) < 4.78 is 4.87. The SMILES string of the molecule is [B][C@@H]1O[C@H](CO)[C@](C)(O)[C@H]1O. The van der Waals surface area contributed by atoms with E-state index in [0.717, 1.165) is 0 Å². The van der Waals surface area contributed by atoms with E-state index in [1.807, 2.05) is 0 Å². The van der Waals surface area contributed by atoms with E-state index in [1.165, 1.54) is 6.92 Å². The Bertz CT molecular complexity index is 150. The first-order chi connectivity index (χ1) is 5.00. The highest BCUT2D eigenvalue weighted by Crippen LogP contribution is 2.28. The van der Waals surface area contributed by atoms with E-state index >= 15 is 0 Å². The van der Waals surface area contributed by atoms with Crippen molar-refractivity contribution in [3.05, 3.63) is 0 Å². The van der Waals surface area contributed by atoms with Crippen molar-refractivity contribution in [2.75, 3.05) is 6.61 Å². The standard InChI is InChI=1S/C6H11BO4/c1-6(10)3(2-8)11-5(7)4(6)9/h3-5,8-10H,2H2,1H3/t3-,4+,5-,6+/m1/s1. The van der Waals surface area contributed by atoms with Gasteiger partial charge in [0.25, 0.3) is 0 Å². The Labute approximate surface area is 66.2 Å². The molecule has 5 heteroatoms. The number of aliphatic hydroxyl groups is 3. The fourth-order valence-electron chi connectivity index (χ4n) is 1.15. The first-order valence-corrected chi connectivity index (χ1v) is 3.42. The zero-order chi connectivity index (χ0) is 8.65. The van der Waals surface area contributed by atoms with Gasteiger partial charge in [-0.2, -0.15) is 0 Å². The van der Waals surface area contributed by atoms with E-state index in [0.29, 0.717) is 0 Å². The molecule has 0 bridgehead atoms. The van der Waals surface area contributed by atoms with Crippen LogP contribution in [0.5, 0.6) is 0 Å². The summed E-state index contributed by atoms with van der Waals surface area (Å²) >= 11 is 0. The van der Waals surface area contributed by atoms with Gasteiger partial charge in [0.15, 0.2) is 0 Å². The predicted molar refractivity (Wildman–Crippen MR) is 38.1 cm³/mol. The molecule has 0 aromatic rings. The lowest BCUT2D eigenvalue weighted by molar-refractivity contribution is -0.0790. The van der Waals surface area contributed by atoms with Gasteiger partial charge in [0.2, 0.25) is 0 Å². The fraction of sp³-hybridized carbons (Fsp3) is 1.00. The van der Waals surface area contributed by atoms with Crippen LogP contribution in [0, 0.1) is 0 Å². The van der Waals surface area contributed by atoms with E-state index in [2.05, 4.69) is 0 Å². The molecule has 0 aromatic heterocycles. The lowest BCUT2D eigenvalue weighted by Gasteiger charge is -2.24. The van der Waals surface area contributed by atoms with Crippen molar-refractivity contribution < 1.29 is 20.1 Å². The molecule has 0 amide bonds. The maximum atomic E-state index is 9.48. The number of hydrogen-bond donors (Lipinski definition) is 3. The zero-order valence-corrected chi connectivity index (χ0v) is 6.27. The smallest absolute Gasteiger partial charge is 0.118 e. The predicted octanol–water partition coefficient (Wildman–Crippen LogP) is -2.02. The number of aliphatic hydroxyl groups excluding tert-OH is 2. The van der Waals surface area contributed by atoms with E-state index in [9.17, 15) is 10.2 Å². The van der Waals surface area contributed by atoms with Crippen LogP contribution in [0.1, 0.15) is 6.92 Å². The van der Waals surface area contributed by atoms with Gasteiger partial charge in [-0.3, -0.25) is 0 Å². The molecule has 3 N–H and O–H groups in total. The topological polar surface area (TPSA) is 69.9 Å². The van der Waals surface area contributed by atoms with Gasteiger partial charge >= 0.3 is 0 Å². The molecule has 4 atom stereocenters. The molecule has 1 rings (SSSR count). The summed E-state index contributed by atoms with van der Waals surface area (Å²) in [6, 6.07) is -0.915. The van der Waals surface area contributed by atoms with Crippen molar-refractivity contribution in [2.24, 2.45) is 0 Å². The fourth-order valence-corrected chi connectivity index (χ4v) is 1.15. The third-order valence-corrected chi connectivity index (χ3v) is 2.05.